The van der Waals surface area contributed by atoms with E-state index in [-0.39, 0.29) is 12.4 Å². The van der Waals surface area contributed by atoms with Gasteiger partial charge in [-0.05, 0) is 36.2 Å². The van der Waals surface area contributed by atoms with Crippen LogP contribution in [-0.4, -0.2) is 17.1 Å². The quantitative estimate of drug-likeness (QED) is 0.791. The minimum Gasteiger partial charge on any atom is -0.497 e. The van der Waals surface area contributed by atoms with E-state index >= 15 is 0 Å². The Balaban J connectivity index is 0.00000176. The highest BCUT2D eigenvalue weighted by molar-refractivity contribution is 5.91. The van der Waals surface area contributed by atoms with Crippen molar-refractivity contribution in [2.75, 3.05) is 12.4 Å². The third kappa shape index (κ3) is 3.28. The zero-order valence-electron chi connectivity index (χ0n) is 12.5. The Kier molecular flexibility index (Phi) is 5.17. The number of halogens is 1. The molecule has 0 radical (unpaired) electrons. The van der Waals surface area contributed by atoms with Crippen molar-refractivity contribution in [2.24, 2.45) is 0 Å². The number of hydrogen-bond acceptors (Lipinski definition) is 4. The maximum absolute atomic E-state index is 5.16. The molecule has 114 valence electrons. The van der Waals surface area contributed by atoms with Crippen LogP contribution in [0.1, 0.15) is 11.1 Å². The fourth-order valence-electron chi connectivity index (χ4n) is 2.34. The average molecular weight is 316 g/mol. The largest absolute Gasteiger partial charge is 0.497 e. The highest BCUT2D eigenvalue weighted by Crippen LogP contribution is 2.23. The van der Waals surface area contributed by atoms with Crippen LogP contribution >= 0.6 is 12.4 Å². The van der Waals surface area contributed by atoms with Gasteiger partial charge in [0.2, 0.25) is 0 Å². The molecule has 0 atom stereocenters. The highest BCUT2D eigenvalue weighted by Gasteiger charge is 2.05. The number of rotatable bonds is 4. The number of aryl methyl sites for hydroxylation is 1. The second-order valence-corrected chi connectivity index (χ2v) is 4.89. The van der Waals surface area contributed by atoms with Gasteiger partial charge >= 0.3 is 0 Å². The van der Waals surface area contributed by atoms with Crippen LogP contribution in [0.3, 0.4) is 0 Å². The van der Waals surface area contributed by atoms with Crippen molar-refractivity contribution in [1.82, 2.24) is 9.97 Å². The van der Waals surface area contributed by atoms with E-state index in [2.05, 4.69) is 28.3 Å². The Morgan fingerprint density at radius 3 is 2.55 bits per heavy atom. The molecule has 1 heterocycles. The molecule has 0 aliphatic heterocycles. The normalized spacial score (nSPS) is 10.1. The Hall–Kier alpha value is -2.33. The van der Waals surface area contributed by atoms with Crippen molar-refractivity contribution in [1.29, 1.82) is 0 Å². The first-order valence-electron chi connectivity index (χ1n) is 6.85. The number of methoxy groups -OCH3 is 1. The molecular weight excluding hydrogens is 298 g/mol. The van der Waals surface area contributed by atoms with Gasteiger partial charge in [0, 0.05) is 11.9 Å². The smallest absolute Gasteiger partial charge is 0.137 e. The SMILES string of the molecule is COc1ccc(CNc2ncnc3cccc(C)c23)cc1.Cl. The lowest BCUT2D eigenvalue weighted by atomic mass is 10.1. The predicted octanol–water partition coefficient (Wildman–Crippen LogP) is 3.98. The molecule has 1 N–H and O–H groups in total. The summed E-state index contributed by atoms with van der Waals surface area (Å²) in [5.41, 5.74) is 3.31. The summed E-state index contributed by atoms with van der Waals surface area (Å²) < 4.78 is 5.16. The maximum Gasteiger partial charge on any atom is 0.137 e. The van der Waals surface area contributed by atoms with E-state index in [1.54, 1.807) is 13.4 Å². The summed E-state index contributed by atoms with van der Waals surface area (Å²) in [4.78, 5) is 8.68. The molecule has 0 unspecified atom stereocenters. The van der Waals surface area contributed by atoms with Crippen molar-refractivity contribution in [2.45, 2.75) is 13.5 Å². The molecule has 2 aromatic carbocycles. The summed E-state index contributed by atoms with van der Waals surface area (Å²) in [6.07, 6.45) is 1.60. The van der Waals surface area contributed by atoms with Crippen LogP contribution in [0.15, 0.2) is 48.8 Å². The Morgan fingerprint density at radius 2 is 1.82 bits per heavy atom. The van der Waals surface area contributed by atoms with Gasteiger partial charge in [-0.25, -0.2) is 9.97 Å². The summed E-state index contributed by atoms with van der Waals surface area (Å²) in [6.45, 7) is 2.79. The van der Waals surface area contributed by atoms with E-state index in [0.29, 0.717) is 6.54 Å². The molecule has 0 saturated heterocycles. The summed E-state index contributed by atoms with van der Waals surface area (Å²) in [7, 11) is 1.67. The lowest BCUT2D eigenvalue weighted by Crippen LogP contribution is -2.03. The predicted molar refractivity (Wildman–Crippen MR) is 91.8 cm³/mol. The molecule has 0 bridgehead atoms. The third-order valence-corrected chi connectivity index (χ3v) is 3.49. The lowest BCUT2D eigenvalue weighted by molar-refractivity contribution is 0.414. The van der Waals surface area contributed by atoms with Crippen molar-refractivity contribution >= 4 is 29.1 Å². The molecular formula is C17H18ClN3O. The van der Waals surface area contributed by atoms with E-state index in [1.165, 1.54) is 11.1 Å². The number of nitrogens with one attached hydrogen (secondary N) is 1. The standard InChI is InChI=1S/C17H17N3O.ClH/c1-12-4-3-5-15-16(12)17(20-11-19-15)18-10-13-6-8-14(21-2)9-7-13;/h3-9,11H,10H2,1-2H3,(H,18,19,20);1H. The number of fused-ring (bicyclic) bond motifs is 1. The zero-order chi connectivity index (χ0) is 14.7. The molecule has 3 aromatic rings. The molecule has 0 fully saturated rings. The van der Waals surface area contributed by atoms with Crippen LogP contribution in [0.2, 0.25) is 0 Å². The summed E-state index contributed by atoms with van der Waals surface area (Å²) >= 11 is 0. The molecule has 3 rings (SSSR count). The minimum atomic E-state index is 0. The van der Waals surface area contributed by atoms with E-state index < -0.39 is 0 Å². The van der Waals surface area contributed by atoms with Gasteiger partial charge in [-0.15, -0.1) is 12.4 Å². The topological polar surface area (TPSA) is 47.0 Å². The van der Waals surface area contributed by atoms with Gasteiger partial charge in [0.15, 0.2) is 0 Å². The van der Waals surface area contributed by atoms with Crippen molar-refractivity contribution in [3.8, 4) is 5.75 Å². The number of hydrogen-bond donors (Lipinski definition) is 1. The van der Waals surface area contributed by atoms with Crippen LogP contribution in [-0.2, 0) is 6.54 Å². The summed E-state index contributed by atoms with van der Waals surface area (Å²) in [5.74, 6) is 1.73. The molecule has 0 aliphatic rings. The first-order chi connectivity index (χ1) is 10.3. The van der Waals surface area contributed by atoms with Gasteiger partial charge in [-0.3, -0.25) is 0 Å². The van der Waals surface area contributed by atoms with Crippen molar-refractivity contribution in [3.63, 3.8) is 0 Å². The Morgan fingerprint density at radius 1 is 1.05 bits per heavy atom. The van der Waals surface area contributed by atoms with Gasteiger partial charge in [-0.2, -0.15) is 0 Å². The van der Waals surface area contributed by atoms with Crippen LogP contribution < -0.4 is 10.1 Å². The maximum atomic E-state index is 5.16. The van der Waals surface area contributed by atoms with E-state index in [0.717, 1.165) is 22.5 Å². The van der Waals surface area contributed by atoms with E-state index in [1.807, 2.05) is 36.4 Å². The monoisotopic (exact) mass is 315 g/mol. The average Bonchev–Trinajstić information content (AvgIpc) is 2.53. The van der Waals surface area contributed by atoms with Crippen LogP contribution in [0, 0.1) is 6.92 Å². The van der Waals surface area contributed by atoms with Crippen LogP contribution in [0.25, 0.3) is 10.9 Å². The minimum absolute atomic E-state index is 0. The van der Waals surface area contributed by atoms with Crippen LogP contribution in [0.5, 0.6) is 5.75 Å². The van der Waals surface area contributed by atoms with Gasteiger partial charge in [0.1, 0.15) is 17.9 Å². The number of nitrogens with zero attached hydrogens (tertiary/aromatic N) is 2. The molecule has 4 nitrogen and oxygen atoms in total. The van der Waals surface area contributed by atoms with Crippen molar-refractivity contribution < 1.29 is 4.74 Å². The van der Waals surface area contributed by atoms with Gasteiger partial charge in [0.25, 0.3) is 0 Å². The summed E-state index contributed by atoms with van der Waals surface area (Å²) in [5, 5.41) is 4.47. The number of aromatic nitrogens is 2. The summed E-state index contributed by atoms with van der Waals surface area (Å²) in [6, 6.07) is 14.1. The first-order valence-corrected chi connectivity index (χ1v) is 6.85. The fourth-order valence-corrected chi connectivity index (χ4v) is 2.34. The fraction of sp³-hybridized carbons (Fsp3) is 0.176. The zero-order valence-corrected chi connectivity index (χ0v) is 13.4. The molecule has 0 saturated carbocycles. The Bertz CT molecular complexity index is 754. The number of ether oxygens (including phenoxy) is 1. The molecule has 5 heteroatoms. The van der Waals surface area contributed by atoms with Crippen molar-refractivity contribution in [3.05, 3.63) is 59.9 Å². The first kappa shape index (κ1) is 16.0. The molecule has 22 heavy (non-hydrogen) atoms. The molecule has 0 spiro atoms. The van der Waals surface area contributed by atoms with E-state index in [4.69, 9.17) is 4.74 Å². The lowest BCUT2D eigenvalue weighted by Gasteiger charge is -2.10. The second kappa shape index (κ2) is 7.09. The second-order valence-electron chi connectivity index (χ2n) is 4.89. The van der Waals surface area contributed by atoms with Crippen LogP contribution in [0.4, 0.5) is 5.82 Å². The molecule has 1 aromatic heterocycles. The Labute approximate surface area is 136 Å². The molecule has 0 amide bonds. The van der Waals surface area contributed by atoms with E-state index in [9.17, 15) is 0 Å². The van der Waals surface area contributed by atoms with Gasteiger partial charge in [0.05, 0.1) is 12.6 Å². The molecule has 0 aliphatic carbocycles. The number of benzene rings is 2. The highest BCUT2D eigenvalue weighted by atomic mass is 35.5. The third-order valence-electron chi connectivity index (χ3n) is 3.49. The number of anilines is 1. The van der Waals surface area contributed by atoms with Gasteiger partial charge in [-0.1, -0.05) is 24.3 Å². The van der Waals surface area contributed by atoms with Gasteiger partial charge < -0.3 is 10.1 Å².